The van der Waals surface area contributed by atoms with E-state index in [1.54, 1.807) is 6.07 Å². The predicted octanol–water partition coefficient (Wildman–Crippen LogP) is 2.49. The molecule has 7 nitrogen and oxygen atoms in total. The molecule has 2 rings (SSSR count). The SMILES string of the molecule is Cl.NCCC(=O)NCC1CCCCN1Cc1cc([N+](=O)[O-])ccc1Cl. The van der Waals surface area contributed by atoms with Gasteiger partial charge in [0.1, 0.15) is 0 Å². The summed E-state index contributed by atoms with van der Waals surface area (Å²) in [5, 5.41) is 14.4. The van der Waals surface area contributed by atoms with Crippen molar-refractivity contribution >= 4 is 35.6 Å². The number of rotatable bonds is 7. The fourth-order valence-electron chi connectivity index (χ4n) is 2.97. The minimum Gasteiger partial charge on any atom is -0.354 e. The van der Waals surface area contributed by atoms with E-state index in [-0.39, 0.29) is 30.0 Å². The fourth-order valence-corrected chi connectivity index (χ4v) is 3.14. The number of carbonyl (C=O) groups excluding carboxylic acids is 1. The maximum absolute atomic E-state index is 11.6. The Labute approximate surface area is 158 Å². The second-order valence-corrected chi connectivity index (χ2v) is 6.40. The third kappa shape index (κ3) is 6.43. The van der Waals surface area contributed by atoms with E-state index in [0.29, 0.717) is 31.1 Å². The molecule has 9 heteroatoms. The van der Waals surface area contributed by atoms with Crippen LogP contribution in [0.25, 0.3) is 0 Å². The van der Waals surface area contributed by atoms with E-state index in [1.165, 1.54) is 12.1 Å². The summed E-state index contributed by atoms with van der Waals surface area (Å²) in [6.45, 7) is 2.32. The van der Waals surface area contributed by atoms with Crippen molar-refractivity contribution in [3.63, 3.8) is 0 Å². The molecule has 0 spiro atoms. The van der Waals surface area contributed by atoms with Gasteiger partial charge in [-0.15, -0.1) is 12.4 Å². The highest BCUT2D eigenvalue weighted by molar-refractivity contribution is 6.31. The second kappa shape index (κ2) is 10.6. The summed E-state index contributed by atoms with van der Waals surface area (Å²) in [4.78, 5) is 24.4. The Morgan fingerprint density at radius 1 is 1.44 bits per heavy atom. The summed E-state index contributed by atoms with van der Waals surface area (Å²) in [5.41, 5.74) is 6.16. The summed E-state index contributed by atoms with van der Waals surface area (Å²) in [6, 6.07) is 4.71. The molecular weight excluding hydrogens is 367 g/mol. The van der Waals surface area contributed by atoms with Gasteiger partial charge in [-0.2, -0.15) is 0 Å². The van der Waals surface area contributed by atoms with Gasteiger partial charge in [-0.1, -0.05) is 18.0 Å². The quantitative estimate of drug-likeness (QED) is 0.549. The number of likely N-dealkylation sites (tertiary alicyclic amines) is 1. The Bertz CT molecular complexity index is 601. The molecule has 1 aliphatic rings. The number of hydrogen-bond donors (Lipinski definition) is 2. The first-order valence-corrected chi connectivity index (χ1v) is 8.52. The van der Waals surface area contributed by atoms with Crippen molar-refractivity contribution in [3.8, 4) is 0 Å². The lowest BCUT2D eigenvalue weighted by molar-refractivity contribution is -0.384. The van der Waals surface area contributed by atoms with Crippen molar-refractivity contribution in [3.05, 3.63) is 38.9 Å². The summed E-state index contributed by atoms with van der Waals surface area (Å²) in [7, 11) is 0. The molecule has 1 unspecified atom stereocenters. The molecule has 140 valence electrons. The summed E-state index contributed by atoms with van der Waals surface area (Å²) in [5.74, 6) is -0.0450. The molecule has 1 aromatic carbocycles. The van der Waals surface area contributed by atoms with Crippen LogP contribution in [0, 0.1) is 10.1 Å². The van der Waals surface area contributed by atoms with Crippen LogP contribution in [0.15, 0.2) is 18.2 Å². The van der Waals surface area contributed by atoms with E-state index in [0.717, 1.165) is 31.4 Å². The molecule has 1 heterocycles. The molecule has 1 fully saturated rings. The summed E-state index contributed by atoms with van der Waals surface area (Å²) < 4.78 is 0. The number of nitrogens with zero attached hydrogens (tertiary/aromatic N) is 2. The van der Waals surface area contributed by atoms with Crippen molar-refractivity contribution in [1.29, 1.82) is 0 Å². The number of hydrogen-bond acceptors (Lipinski definition) is 5. The Morgan fingerprint density at radius 3 is 2.88 bits per heavy atom. The largest absolute Gasteiger partial charge is 0.354 e. The normalized spacial score (nSPS) is 17.6. The van der Waals surface area contributed by atoms with Crippen LogP contribution in [0.2, 0.25) is 5.02 Å². The van der Waals surface area contributed by atoms with Crippen LogP contribution in [-0.4, -0.2) is 41.4 Å². The van der Waals surface area contributed by atoms with Gasteiger partial charge >= 0.3 is 0 Å². The molecule has 0 bridgehead atoms. The Balaban J connectivity index is 0.00000312. The number of halogens is 2. The molecule has 1 aliphatic heterocycles. The van der Waals surface area contributed by atoms with Crippen LogP contribution < -0.4 is 11.1 Å². The Kier molecular flexibility index (Phi) is 9.13. The third-order valence-corrected chi connectivity index (χ3v) is 4.64. The smallest absolute Gasteiger partial charge is 0.269 e. The minimum absolute atomic E-state index is 0. The summed E-state index contributed by atoms with van der Waals surface area (Å²) >= 11 is 6.20. The Morgan fingerprint density at radius 2 is 2.20 bits per heavy atom. The lowest BCUT2D eigenvalue weighted by atomic mass is 10.0. The number of nitro benzene ring substituents is 1. The Hall–Kier alpha value is -1.41. The highest BCUT2D eigenvalue weighted by Gasteiger charge is 2.24. The summed E-state index contributed by atoms with van der Waals surface area (Å²) in [6.07, 6.45) is 3.48. The van der Waals surface area contributed by atoms with Gasteiger partial charge in [-0.05, 0) is 31.0 Å². The fraction of sp³-hybridized carbons (Fsp3) is 0.562. The molecule has 1 amide bonds. The highest BCUT2D eigenvalue weighted by Crippen LogP contribution is 2.26. The van der Waals surface area contributed by atoms with Crippen LogP contribution in [0.3, 0.4) is 0 Å². The van der Waals surface area contributed by atoms with Crippen molar-refractivity contribution in [2.45, 2.75) is 38.3 Å². The number of nitrogens with two attached hydrogens (primary N) is 1. The zero-order valence-electron chi connectivity index (χ0n) is 13.9. The number of non-ortho nitro benzene ring substituents is 1. The van der Waals surface area contributed by atoms with Crippen LogP contribution in [0.4, 0.5) is 5.69 Å². The zero-order valence-corrected chi connectivity index (χ0v) is 15.5. The molecule has 0 aromatic heterocycles. The van der Waals surface area contributed by atoms with E-state index in [4.69, 9.17) is 17.3 Å². The molecule has 1 aromatic rings. The van der Waals surface area contributed by atoms with Gasteiger partial charge in [-0.3, -0.25) is 19.8 Å². The minimum atomic E-state index is -0.416. The van der Waals surface area contributed by atoms with Crippen molar-refractivity contribution in [2.75, 3.05) is 19.6 Å². The lowest BCUT2D eigenvalue weighted by Gasteiger charge is -2.36. The number of nitrogens with one attached hydrogen (secondary N) is 1. The molecule has 1 atom stereocenters. The highest BCUT2D eigenvalue weighted by atomic mass is 35.5. The lowest BCUT2D eigenvalue weighted by Crippen LogP contribution is -2.46. The maximum Gasteiger partial charge on any atom is 0.269 e. The van der Waals surface area contributed by atoms with Crippen molar-refractivity contribution in [2.24, 2.45) is 5.73 Å². The number of amides is 1. The average Bonchev–Trinajstić information content (AvgIpc) is 2.56. The van der Waals surface area contributed by atoms with Gasteiger partial charge in [0.2, 0.25) is 5.91 Å². The van der Waals surface area contributed by atoms with Gasteiger partial charge in [0.25, 0.3) is 5.69 Å². The molecular formula is C16H24Cl2N4O3. The van der Waals surface area contributed by atoms with Crippen LogP contribution in [0.5, 0.6) is 0 Å². The van der Waals surface area contributed by atoms with Gasteiger partial charge in [-0.25, -0.2) is 0 Å². The monoisotopic (exact) mass is 390 g/mol. The molecule has 25 heavy (non-hydrogen) atoms. The van der Waals surface area contributed by atoms with E-state index >= 15 is 0 Å². The molecule has 0 saturated carbocycles. The first-order chi connectivity index (χ1) is 11.5. The number of piperidine rings is 1. The van der Waals surface area contributed by atoms with Gasteiger partial charge in [0, 0.05) is 49.3 Å². The first kappa shape index (κ1) is 21.6. The van der Waals surface area contributed by atoms with E-state index < -0.39 is 4.92 Å². The van der Waals surface area contributed by atoms with Crippen LogP contribution >= 0.6 is 24.0 Å². The van der Waals surface area contributed by atoms with E-state index in [2.05, 4.69) is 10.2 Å². The first-order valence-electron chi connectivity index (χ1n) is 8.15. The molecule has 0 aliphatic carbocycles. The number of carbonyl (C=O) groups is 1. The second-order valence-electron chi connectivity index (χ2n) is 6.00. The molecule has 3 N–H and O–H groups in total. The number of benzene rings is 1. The van der Waals surface area contributed by atoms with Crippen molar-refractivity contribution < 1.29 is 9.72 Å². The van der Waals surface area contributed by atoms with Crippen LogP contribution in [-0.2, 0) is 11.3 Å². The standard InChI is InChI=1S/C16H23ClN4O3.ClH/c17-15-5-4-13(21(23)24)9-12(15)11-20-8-2-1-3-14(20)10-19-16(22)6-7-18;/h4-5,9,14H,1-3,6-8,10-11,18H2,(H,19,22);1H. The van der Waals surface area contributed by atoms with Crippen molar-refractivity contribution in [1.82, 2.24) is 10.2 Å². The third-order valence-electron chi connectivity index (χ3n) is 4.27. The van der Waals surface area contributed by atoms with E-state index in [9.17, 15) is 14.9 Å². The average molecular weight is 391 g/mol. The van der Waals surface area contributed by atoms with E-state index in [1.807, 2.05) is 0 Å². The van der Waals surface area contributed by atoms with Crippen LogP contribution in [0.1, 0.15) is 31.2 Å². The predicted molar refractivity (Wildman–Crippen MR) is 100 cm³/mol. The van der Waals surface area contributed by atoms with Gasteiger partial charge in [0.15, 0.2) is 0 Å². The molecule has 1 saturated heterocycles. The topological polar surface area (TPSA) is 102 Å². The zero-order chi connectivity index (χ0) is 17.5. The molecule has 0 radical (unpaired) electrons. The van der Waals surface area contributed by atoms with Gasteiger partial charge < -0.3 is 11.1 Å². The maximum atomic E-state index is 11.6. The van der Waals surface area contributed by atoms with Gasteiger partial charge in [0.05, 0.1) is 4.92 Å². The number of nitro groups is 1.